The number of aromatic nitrogens is 3. The Kier molecular flexibility index (Phi) is 6.52. The molecule has 6 nitrogen and oxygen atoms in total. The van der Waals surface area contributed by atoms with Gasteiger partial charge in [0.2, 0.25) is 5.82 Å². The molecule has 5 rings (SSSR count). The van der Waals surface area contributed by atoms with E-state index >= 15 is 0 Å². The summed E-state index contributed by atoms with van der Waals surface area (Å²) in [7, 11) is 0. The predicted octanol–water partition coefficient (Wildman–Crippen LogP) is 6.21. The van der Waals surface area contributed by atoms with E-state index in [0.717, 1.165) is 40.7 Å². The van der Waals surface area contributed by atoms with Crippen molar-refractivity contribution in [3.05, 3.63) is 114 Å². The first-order valence-electron chi connectivity index (χ1n) is 11.8. The van der Waals surface area contributed by atoms with Gasteiger partial charge in [-0.3, -0.25) is 4.79 Å². The zero-order valence-electron chi connectivity index (χ0n) is 19.6. The van der Waals surface area contributed by atoms with Crippen LogP contribution in [0.3, 0.4) is 0 Å². The van der Waals surface area contributed by atoms with E-state index in [2.05, 4.69) is 51.9 Å². The lowest BCUT2D eigenvalue weighted by atomic mass is 10.1. The minimum atomic E-state index is -0.354. The maximum atomic E-state index is 13.1. The minimum Gasteiger partial charge on any atom is -0.364 e. The SMILES string of the molecule is CCCc1ccc(NC(=O)c2nc(NCc3ccccc3)c3c(-c4ccccc4)ccn3n2)cc1. The number of carbonyl (C=O) groups excluding carboxylic acids is 1. The molecular formula is C29H27N5O. The Morgan fingerprint density at radius 2 is 1.57 bits per heavy atom. The summed E-state index contributed by atoms with van der Waals surface area (Å²) >= 11 is 0. The Hall–Kier alpha value is -4.45. The van der Waals surface area contributed by atoms with Crippen LogP contribution in [0.2, 0.25) is 0 Å². The van der Waals surface area contributed by atoms with Gasteiger partial charge in [0, 0.05) is 24.0 Å². The number of carbonyl (C=O) groups is 1. The van der Waals surface area contributed by atoms with E-state index in [9.17, 15) is 4.79 Å². The lowest BCUT2D eigenvalue weighted by Crippen LogP contribution is -2.19. The molecule has 0 fully saturated rings. The molecule has 0 aliphatic heterocycles. The molecule has 5 aromatic rings. The van der Waals surface area contributed by atoms with Crippen molar-refractivity contribution in [3.63, 3.8) is 0 Å². The number of amides is 1. The molecule has 0 spiro atoms. The normalized spacial score (nSPS) is 10.9. The molecule has 1 amide bonds. The quantitative estimate of drug-likeness (QED) is 0.288. The van der Waals surface area contributed by atoms with Crippen LogP contribution in [0, 0.1) is 0 Å². The van der Waals surface area contributed by atoms with Crippen molar-refractivity contribution in [2.75, 3.05) is 10.6 Å². The molecule has 174 valence electrons. The highest BCUT2D eigenvalue weighted by Crippen LogP contribution is 2.30. The standard InChI is InChI=1S/C29H27N5O/c1-2-9-21-14-16-24(17-15-21)31-29(35)28-32-27(30-20-22-10-5-3-6-11-22)26-25(18-19-34(26)33-28)23-12-7-4-8-13-23/h3-8,10-19H,2,9,20H2,1H3,(H,31,35)(H,30,32,33). The molecule has 6 heteroatoms. The van der Waals surface area contributed by atoms with Crippen LogP contribution in [0.4, 0.5) is 11.5 Å². The zero-order chi connectivity index (χ0) is 24.0. The summed E-state index contributed by atoms with van der Waals surface area (Å²) < 4.78 is 1.72. The summed E-state index contributed by atoms with van der Waals surface area (Å²) in [6.07, 6.45) is 3.96. The van der Waals surface area contributed by atoms with Gasteiger partial charge in [0.1, 0.15) is 5.52 Å². The largest absolute Gasteiger partial charge is 0.364 e. The Labute approximate surface area is 204 Å². The number of benzene rings is 3. The average Bonchev–Trinajstić information content (AvgIpc) is 3.34. The number of anilines is 2. The Bertz CT molecular complexity index is 1430. The van der Waals surface area contributed by atoms with Crippen molar-refractivity contribution in [2.24, 2.45) is 0 Å². The topological polar surface area (TPSA) is 71.3 Å². The smallest absolute Gasteiger partial charge is 0.295 e. The second-order valence-corrected chi connectivity index (χ2v) is 8.41. The highest BCUT2D eigenvalue weighted by Gasteiger charge is 2.18. The molecule has 0 saturated carbocycles. The third-order valence-electron chi connectivity index (χ3n) is 5.85. The van der Waals surface area contributed by atoms with Crippen LogP contribution in [0.25, 0.3) is 16.6 Å². The van der Waals surface area contributed by atoms with E-state index in [1.54, 1.807) is 4.52 Å². The maximum Gasteiger partial charge on any atom is 0.295 e. The molecule has 35 heavy (non-hydrogen) atoms. The van der Waals surface area contributed by atoms with Crippen molar-refractivity contribution in [3.8, 4) is 11.1 Å². The summed E-state index contributed by atoms with van der Waals surface area (Å²) in [6.45, 7) is 2.73. The molecule has 0 unspecified atom stereocenters. The number of nitrogens with zero attached hydrogens (tertiary/aromatic N) is 3. The van der Waals surface area contributed by atoms with Crippen LogP contribution in [0.1, 0.15) is 35.1 Å². The van der Waals surface area contributed by atoms with Crippen LogP contribution in [0.15, 0.2) is 97.2 Å². The first-order valence-corrected chi connectivity index (χ1v) is 11.8. The van der Waals surface area contributed by atoms with E-state index in [0.29, 0.717) is 12.4 Å². The fourth-order valence-electron chi connectivity index (χ4n) is 4.11. The van der Waals surface area contributed by atoms with Gasteiger partial charge in [0.05, 0.1) is 0 Å². The number of rotatable bonds is 8. The minimum absolute atomic E-state index is 0.0981. The highest BCUT2D eigenvalue weighted by molar-refractivity contribution is 6.02. The second-order valence-electron chi connectivity index (χ2n) is 8.41. The van der Waals surface area contributed by atoms with Crippen molar-refractivity contribution in [1.82, 2.24) is 14.6 Å². The third-order valence-corrected chi connectivity index (χ3v) is 5.85. The maximum absolute atomic E-state index is 13.1. The predicted molar refractivity (Wildman–Crippen MR) is 141 cm³/mol. The number of hydrogen-bond acceptors (Lipinski definition) is 4. The van der Waals surface area contributed by atoms with Gasteiger partial charge < -0.3 is 10.6 Å². The van der Waals surface area contributed by atoms with Crippen LogP contribution in [0.5, 0.6) is 0 Å². The van der Waals surface area contributed by atoms with Gasteiger partial charge in [0.25, 0.3) is 5.91 Å². The number of nitrogens with one attached hydrogen (secondary N) is 2. The molecule has 2 heterocycles. The Morgan fingerprint density at radius 3 is 2.29 bits per heavy atom. The van der Waals surface area contributed by atoms with Gasteiger partial charge in [0.15, 0.2) is 5.82 Å². The van der Waals surface area contributed by atoms with Crippen molar-refractivity contribution < 1.29 is 4.79 Å². The first kappa shape index (κ1) is 22.3. The van der Waals surface area contributed by atoms with E-state index in [1.807, 2.05) is 72.9 Å². The van der Waals surface area contributed by atoms with E-state index in [1.165, 1.54) is 5.56 Å². The number of hydrogen-bond donors (Lipinski definition) is 2. The first-order chi connectivity index (χ1) is 17.2. The highest BCUT2D eigenvalue weighted by atomic mass is 16.2. The molecule has 0 bridgehead atoms. The lowest BCUT2D eigenvalue weighted by Gasteiger charge is -2.12. The summed E-state index contributed by atoms with van der Waals surface area (Å²) in [4.78, 5) is 17.8. The summed E-state index contributed by atoms with van der Waals surface area (Å²) in [5, 5.41) is 10.9. The van der Waals surface area contributed by atoms with Gasteiger partial charge in [-0.15, -0.1) is 5.10 Å². The van der Waals surface area contributed by atoms with E-state index in [-0.39, 0.29) is 11.7 Å². The summed E-state index contributed by atoms with van der Waals surface area (Å²) in [5.74, 6) is 0.352. The number of aryl methyl sites for hydroxylation is 1. The zero-order valence-corrected chi connectivity index (χ0v) is 19.6. The van der Waals surface area contributed by atoms with Crippen molar-refractivity contribution >= 4 is 22.9 Å². The molecular weight excluding hydrogens is 434 g/mol. The van der Waals surface area contributed by atoms with Gasteiger partial charge in [-0.05, 0) is 41.3 Å². The Morgan fingerprint density at radius 1 is 0.857 bits per heavy atom. The molecule has 3 aromatic carbocycles. The fraction of sp³-hybridized carbons (Fsp3) is 0.138. The van der Waals surface area contributed by atoms with Crippen LogP contribution < -0.4 is 10.6 Å². The van der Waals surface area contributed by atoms with Crippen LogP contribution >= 0.6 is 0 Å². The summed E-state index contributed by atoms with van der Waals surface area (Å²) in [6, 6.07) is 30.1. The van der Waals surface area contributed by atoms with E-state index in [4.69, 9.17) is 0 Å². The molecule has 0 saturated heterocycles. The Balaban J connectivity index is 1.49. The lowest BCUT2D eigenvalue weighted by molar-refractivity contribution is 0.101. The van der Waals surface area contributed by atoms with Crippen molar-refractivity contribution in [2.45, 2.75) is 26.3 Å². The van der Waals surface area contributed by atoms with Gasteiger partial charge >= 0.3 is 0 Å². The monoisotopic (exact) mass is 461 g/mol. The third kappa shape index (κ3) is 5.06. The summed E-state index contributed by atoms with van der Waals surface area (Å²) in [5.41, 5.74) is 5.97. The molecule has 2 aromatic heterocycles. The van der Waals surface area contributed by atoms with Crippen LogP contribution in [-0.2, 0) is 13.0 Å². The van der Waals surface area contributed by atoms with Gasteiger partial charge in [-0.2, -0.15) is 0 Å². The number of fused-ring (bicyclic) bond motifs is 1. The van der Waals surface area contributed by atoms with Gasteiger partial charge in [-0.1, -0.05) is 86.1 Å². The molecule has 2 N–H and O–H groups in total. The van der Waals surface area contributed by atoms with Crippen molar-refractivity contribution in [1.29, 1.82) is 0 Å². The van der Waals surface area contributed by atoms with Crippen LogP contribution in [-0.4, -0.2) is 20.5 Å². The van der Waals surface area contributed by atoms with Gasteiger partial charge in [-0.25, -0.2) is 9.50 Å². The molecule has 0 atom stereocenters. The fourth-order valence-corrected chi connectivity index (χ4v) is 4.11. The average molecular weight is 462 g/mol. The second kappa shape index (κ2) is 10.2. The molecule has 0 radical (unpaired) electrons. The van der Waals surface area contributed by atoms with E-state index < -0.39 is 0 Å². The molecule has 0 aliphatic rings. The molecule has 0 aliphatic carbocycles.